The molecule has 122 valence electrons. The third kappa shape index (κ3) is 3.26. The molecule has 7 heteroatoms. The van der Waals surface area contributed by atoms with Crippen molar-refractivity contribution in [2.45, 2.75) is 25.4 Å². The van der Waals surface area contributed by atoms with Gasteiger partial charge in [0.1, 0.15) is 17.5 Å². The summed E-state index contributed by atoms with van der Waals surface area (Å²) < 4.78 is 0. The van der Waals surface area contributed by atoms with Crippen molar-refractivity contribution in [3.05, 3.63) is 60.7 Å². The molecule has 0 amide bonds. The molecule has 3 aromatic heterocycles. The number of imidazole rings is 1. The predicted octanol–water partition coefficient (Wildman–Crippen LogP) is 2.68. The zero-order valence-corrected chi connectivity index (χ0v) is 13.3. The van der Waals surface area contributed by atoms with Crippen LogP contribution in [0.15, 0.2) is 49.3 Å². The van der Waals surface area contributed by atoms with Gasteiger partial charge in [-0.1, -0.05) is 0 Å². The molecule has 0 saturated carbocycles. The predicted molar refractivity (Wildman–Crippen MR) is 90.5 cm³/mol. The summed E-state index contributed by atoms with van der Waals surface area (Å²) in [6.45, 7) is 1.92. The van der Waals surface area contributed by atoms with E-state index in [0.717, 1.165) is 31.2 Å². The van der Waals surface area contributed by atoms with E-state index in [9.17, 15) is 0 Å². The van der Waals surface area contributed by atoms with Gasteiger partial charge in [-0.15, -0.1) is 0 Å². The van der Waals surface area contributed by atoms with E-state index >= 15 is 0 Å². The number of hydrogen-bond donors (Lipinski definition) is 2. The minimum Gasteiger partial charge on any atom is -0.348 e. The maximum absolute atomic E-state index is 4.39. The van der Waals surface area contributed by atoms with Gasteiger partial charge in [0, 0.05) is 37.0 Å². The number of likely N-dealkylation sites (tertiary alicyclic amines) is 1. The van der Waals surface area contributed by atoms with Crippen LogP contribution in [-0.2, 0) is 6.54 Å². The first kappa shape index (κ1) is 14.8. The number of aromatic nitrogens is 5. The number of hydrogen-bond acceptors (Lipinski definition) is 6. The lowest BCUT2D eigenvalue weighted by atomic mass is 10.1. The summed E-state index contributed by atoms with van der Waals surface area (Å²) in [6.07, 6.45) is 12.9. The zero-order valence-electron chi connectivity index (χ0n) is 13.3. The Labute approximate surface area is 140 Å². The third-order valence-corrected chi connectivity index (χ3v) is 4.26. The number of nitrogens with zero attached hydrogens (tertiary/aromatic N) is 5. The van der Waals surface area contributed by atoms with E-state index in [1.165, 1.54) is 12.0 Å². The SMILES string of the molecule is c1cnc(Nc2cc(C3CCCN3Cc3ncc[nH]3)ccn2)cn1. The van der Waals surface area contributed by atoms with Crippen molar-refractivity contribution in [1.82, 2.24) is 29.8 Å². The number of anilines is 2. The van der Waals surface area contributed by atoms with E-state index < -0.39 is 0 Å². The fourth-order valence-electron chi connectivity index (χ4n) is 3.19. The van der Waals surface area contributed by atoms with Gasteiger partial charge in [-0.3, -0.25) is 9.88 Å². The van der Waals surface area contributed by atoms with Gasteiger partial charge in [0.05, 0.1) is 12.7 Å². The van der Waals surface area contributed by atoms with Gasteiger partial charge < -0.3 is 10.3 Å². The third-order valence-electron chi connectivity index (χ3n) is 4.26. The topological polar surface area (TPSA) is 82.6 Å². The molecule has 4 rings (SSSR count). The molecule has 4 heterocycles. The highest BCUT2D eigenvalue weighted by molar-refractivity contribution is 5.51. The Morgan fingerprint density at radius 1 is 1.12 bits per heavy atom. The molecule has 0 spiro atoms. The minimum atomic E-state index is 0.389. The van der Waals surface area contributed by atoms with Gasteiger partial charge in [0.2, 0.25) is 0 Å². The van der Waals surface area contributed by atoms with Crippen LogP contribution in [0.5, 0.6) is 0 Å². The molecular formula is C17H19N7. The second kappa shape index (κ2) is 6.76. The molecule has 24 heavy (non-hydrogen) atoms. The molecule has 1 aliphatic heterocycles. The summed E-state index contributed by atoms with van der Waals surface area (Å²) in [6, 6.07) is 4.58. The molecule has 1 aliphatic rings. The van der Waals surface area contributed by atoms with E-state index in [0.29, 0.717) is 11.9 Å². The number of H-pyrrole nitrogens is 1. The lowest BCUT2D eigenvalue weighted by molar-refractivity contribution is 0.243. The summed E-state index contributed by atoms with van der Waals surface area (Å²) in [7, 11) is 0. The summed E-state index contributed by atoms with van der Waals surface area (Å²) in [5.41, 5.74) is 1.26. The van der Waals surface area contributed by atoms with Crippen LogP contribution in [0.25, 0.3) is 0 Å². The van der Waals surface area contributed by atoms with Crippen LogP contribution < -0.4 is 5.32 Å². The first-order chi connectivity index (χ1) is 11.9. The van der Waals surface area contributed by atoms with Crippen molar-refractivity contribution < 1.29 is 0 Å². The van der Waals surface area contributed by atoms with Gasteiger partial charge in [0.15, 0.2) is 0 Å². The van der Waals surface area contributed by atoms with E-state index in [1.807, 2.05) is 12.4 Å². The molecule has 2 N–H and O–H groups in total. The molecule has 1 unspecified atom stereocenters. The molecule has 0 bridgehead atoms. The van der Waals surface area contributed by atoms with Crippen LogP contribution in [-0.4, -0.2) is 36.4 Å². The average Bonchev–Trinajstić information content (AvgIpc) is 3.28. The summed E-state index contributed by atoms with van der Waals surface area (Å²) >= 11 is 0. The Bertz CT molecular complexity index is 773. The van der Waals surface area contributed by atoms with Crippen molar-refractivity contribution >= 4 is 11.6 Å². The smallest absolute Gasteiger partial charge is 0.150 e. The van der Waals surface area contributed by atoms with Gasteiger partial charge in [-0.25, -0.2) is 15.0 Å². The molecule has 3 aromatic rings. The van der Waals surface area contributed by atoms with Gasteiger partial charge in [0.25, 0.3) is 0 Å². The molecular weight excluding hydrogens is 302 g/mol. The second-order valence-electron chi connectivity index (χ2n) is 5.85. The van der Waals surface area contributed by atoms with Crippen LogP contribution in [0, 0.1) is 0 Å². The van der Waals surface area contributed by atoms with Crippen molar-refractivity contribution in [2.75, 3.05) is 11.9 Å². The van der Waals surface area contributed by atoms with Crippen molar-refractivity contribution in [1.29, 1.82) is 0 Å². The Hall–Kier alpha value is -2.80. The fourth-order valence-corrected chi connectivity index (χ4v) is 3.19. The monoisotopic (exact) mass is 321 g/mol. The normalized spacial score (nSPS) is 17.9. The number of pyridine rings is 1. The Kier molecular flexibility index (Phi) is 4.16. The minimum absolute atomic E-state index is 0.389. The standard InChI is InChI=1S/C17H19N7/c1-2-14(24(9-1)12-17-21-7-8-22-17)13-3-4-19-15(10-13)23-16-11-18-5-6-20-16/h3-8,10-11,14H,1-2,9,12H2,(H,21,22)(H,19,20,23). The largest absolute Gasteiger partial charge is 0.348 e. The van der Waals surface area contributed by atoms with Crippen LogP contribution in [0.3, 0.4) is 0 Å². The quantitative estimate of drug-likeness (QED) is 0.752. The van der Waals surface area contributed by atoms with E-state index in [2.05, 4.69) is 47.3 Å². The molecule has 1 saturated heterocycles. The highest BCUT2D eigenvalue weighted by Crippen LogP contribution is 2.33. The summed E-state index contributed by atoms with van der Waals surface area (Å²) in [5, 5.41) is 3.21. The second-order valence-corrected chi connectivity index (χ2v) is 5.85. The molecule has 0 aromatic carbocycles. The van der Waals surface area contributed by atoms with Crippen LogP contribution in [0.4, 0.5) is 11.6 Å². The molecule has 0 radical (unpaired) electrons. The molecule has 0 aliphatic carbocycles. The maximum atomic E-state index is 4.39. The Morgan fingerprint density at radius 3 is 2.92 bits per heavy atom. The number of aromatic amines is 1. The van der Waals surface area contributed by atoms with E-state index in [4.69, 9.17) is 0 Å². The molecule has 7 nitrogen and oxygen atoms in total. The van der Waals surface area contributed by atoms with Crippen LogP contribution in [0.1, 0.15) is 30.3 Å². The Morgan fingerprint density at radius 2 is 2.08 bits per heavy atom. The zero-order chi connectivity index (χ0) is 16.2. The first-order valence-corrected chi connectivity index (χ1v) is 8.10. The van der Waals surface area contributed by atoms with Crippen molar-refractivity contribution in [3.63, 3.8) is 0 Å². The Balaban J connectivity index is 1.51. The lowest BCUT2D eigenvalue weighted by Crippen LogP contribution is -2.23. The highest BCUT2D eigenvalue weighted by atomic mass is 15.2. The van der Waals surface area contributed by atoms with Crippen LogP contribution >= 0.6 is 0 Å². The molecule has 1 fully saturated rings. The number of nitrogens with one attached hydrogen (secondary N) is 2. The van der Waals surface area contributed by atoms with Gasteiger partial charge in [-0.05, 0) is 37.1 Å². The lowest BCUT2D eigenvalue weighted by Gasteiger charge is -2.24. The van der Waals surface area contributed by atoms with E-state index in [-0.39, 0.29) is 0 Å². The van der Waals surface area contributed by atoms with Crippen LogP contribution in [0.2, 0.25) is 0 Å². The highest BCUT2D eigenvalue weighted by Gasteiger charge is 2.26. The summed E-state index contributed by atoms with van der Waals surface area (Å²) in [4.78, 5) is 22.7. The van der Waals surface area contributed by atoms with Crippen molar-refractivity contribution in [3.8, 4) is 0 Å². The maximum Gasteiger partial charge on any atom is 0.150 e. The molecule has 1 atom stereocenters. The number of rotatable bonds is 5. The van der Waals surface area contributed by atoms with Gasteiger partial charge >= 0.3 is 0 Å². The average molecular weight is 321 g/mol. The summed E-state index contributed by atoms with van der Waals surface area (Å²) in [5.74, 6) is 2.49. The first-order valence-electron chi connectivity index (χ1n) is 8.10. The van der Waals surface area contributed by atoms with Crippen molar-refractivity contribution in [2.24, 2.45) is 0 Å². The van der Waals surface area contributed by atoms with E-state index in [1.54, 1.807) is 24.8 Å². The van der Waals surface area contributed by atoms with Gasteiger partial charge in [-0.2, -0.15) is 0 Å². The fraction of sp³-hybridized carbons (Fsp3) is 0.294.